The van der Waals surface area contributed by atoms with Crippen molar-refractivity contribution in [1.82, 2.24) is 9.55 Å². The second-order valence-electron chi connectivity index (χ2n) is 11.2. The standard InChI is InChI=1S/C33H38ClN3O5S/c1-18-12-13-25-22(19(18)2)14-26(37(25)17-29(38)42-6)32(39)36-33-35-30(23-15-28(41-5)24(34)16-27(23)40-4)31(43-33)20(3)21-10-8-7-9-11-21/h12-16,20-21H,7-11,17H2,1-6H3,(H,35,36,39). The van der Waals surface area contributed by atoms with Gasteiger partial charge >= 0.3 is 5.97 Å². The number of aromatic nitrogens is 2. The Labute approximate surface area is 261 Å². The van der Waals surface area contributed by atoms with Gasteiger partial charge in [-0.15, -0.1) is 11.3 Å². The van der Waals surface area contributed by atoms with Crippen LogP contribution in [0.5, 0.6) is 11.5 Å². The molecule has 1 atom stereocenters. The van der Waals surface area contributed by atoms with Crippen LogP contribution in [0.3, 0.4) is 0 Å². The average molecular weight is 624 g/mol. The number of ether oxygens (including phenoxy) is 3. The van der Waals surface area contributed by atoms with Gasteiger partial charge in [0.25, 0.3) is 5.91 Å². The first kappa shape index (κ1) is 30.9. The number of fused-ring (bicyclic) bond motifs is 1. The van der Waals surface area contributed by atoms with Crippen LogP contribution in [0, 0.1) is 19.8 Å². The molecule has 0 spiro atoms. The Morgan fingerprint density at radius 2 is 1.79 bits per heavy atom. The zero-order valence-corrected chi connectivity index (χ0v) is 27.1. The van der Waals surface area contributed by atoms with Gasteiger partial charge in [-0.2, -0.15) is 0 Å². The fourth-order valence-electron chi connectivity index (χ4n) is 6.08. The van der Waals surface area contributed by atoms with Gasteiger partial charge in [0.05, 0.1) is 32.0 Å². The van der Waals surface area contributed by atoms with E-state index < -0.39 is 5.97 Å². The molecule has 1 unspecified atom stereocenters. The number of thiazole rings is 1. The van der Waals surface area contributed by atoms with Gasteiger partial charge in [0, 0.05) is 27.4 Å². The zero-order valence-electron chi connectivity index (χ0n) is 25.5. The average Bonchev–Trinajstić information content (AvgIpc) is 3.60. The number of esters is 1. The minimum Gasteiger partial charge on any atom is -0.496 e. The third kappa shape index (κ3) is 6.10. The van der Waals surface area contributed by atoms with Gasteiger partial charge in [0.2, 0.25) is 0 Å². The normalized spacial score (nSPS) is 14.5. The minimum atomic E-state index is -0.436. The van der Waals surface area contributed by atoms with Gasteiger partial charge in [-0.1, -0.05) is 43.9 Å². The summed E-state index contributed by atoms with van der Waals surface area (Å²) in [7, 11) is 4.52. The van der Waals surface area contributed by atoms with Crippen molar-refractivity contribution in [2.24, 2.45) is 5.92 Å². The monoisotopic (exact) mass is 623 g/mol. The highest BCUT2D eigenvalue weighted by molar-refractivity contribution is 7.16. The maximum Gasteiger partial charge on any atom is 0.325 e. The molecule has 10 heteroatoms. The molecular weight excluding hydrogens is 586 g/mol. The third-order valence-corrected chi connectivity index (χ3v) is 10.2. The van der Waals surface area contributed by atoms with Crippen LogP contribution in [0.1, 0.15) is 71.4 Å². The predicted molar refractivity (Wildman–Crippen MR) is 172 cm³/mol. The predicted octanol–water partition coefficient (Wildman–Crippen LogP) is 8.16. The van der Waals surface area contributed by atoms with Gasteiger partial charge in [-0.25, -0.2) is 4.98 Å². The van der Waals surface area contributed by atoms with E-state index in [1.54, 1.807) is 24.9 Å². The molecular formula is C33H38ClN3O5S. The molecule has 2 heterocycles. The number of halogens is 1. The lowest BCUT2D eigenvalue weighted by Crippen LogP contribution is -2.20. The Balaban J connectivity index is 1.59. The smallest absolute Gasteiger partial charge is 0.325 e. The van der Waals surface area contributed by atoms with Crippen LogP contribution >= 0.6 is 22.9 Å². The molecule has 5 rings (SSSR count). The molecule has 228 valence electrons. The number of aryl methyl sites for hydroxylation is 2. The highest BCUT2D eigenvalue weighted by Crippen LogP contribution is 2.47. The lowest BCUT2D eigenvalue weighted by atomic mass is 9.79. The number of benzene rings is 2. The topological polar surface area (TPSA) is 91.7 Å². The van der Waals surface area contributed by atoms with Crippen molar-refractivity contribution >= 4 is 50.8 Å². The third-order valence-electron chi connectivity index (χ3n) is 8.75. The first-order valence-corrected chi connectivity index (χ1v) is 15.8. The van der Waals surface area contributed by atoms with Crippen LogP contribution in [0.4, 0.5) is 5.13 Å². The molecule has 1 amide bonds. The van der Waals surface area contributed by atoms with E-state index in [-0.39, 0.29) is 18.4 Å². The van der Waals surface area contributed by atoms with Crippen molar-refractivity contribution in [2.75, 3.05) is 26.6 Å². The lowest BCUT2D eigenvalue weighted by Gasteiger charge is -2.27. The van der Waals surface area contributed by atoms with E-state index in [0.717, 1.165) is 51.0 Å². The van der Waals surface area contributed by atoms with Crippen molar-refractivity contribution in [3.63, 3.8) is 0 Å². The van der Waals surface area contributed by atoms with Crippen molar-refractivity contribution in [3.8, 4) is 22.8 Å². The largest absolute Gasteiger partial charge is 0.496 e. The highest BCUT2D eigenvalue weighted by Gasteiger charge is 2.29. The first-order chi connectivity index (χ1) is 20.7. The number of nitrogens with zero attached hydrogens (tertiary/aromatic N) is 2. The second kappa shape index (κ2) is 13.0. The summed E-state index contributed by atoms with van der Waals surface area (Å²) >= 11 is 7.91. The Hall–Kier alpha value is -3.56. The SMILES string of the molecule is COC(=O)Cn1c(C(=O)Nc2nc(-c3cc(OC)c(Cl)cc3OC)c(C(C)C3CCCCC3)s2)cc2c(C)c(C)ccc21. The molecule has 2 aromatic carbocycles. The summed E-state index contributed by atoms with van der Waals surface area (Å²) in [5, 5.41) is 4.87. The van der Waals surface area contributed by atoms with Crippen LogP contribution in [0.2, 0.25) is 5.02 Å². The Morgan fingerprint density at radius 1 is 1.07 bits per heavy atom. The molecule has 1 aliphatic rings. The van der Waals surface area contributed by atoms with Gasteiger partial charge in [0.15, 0.2) is 5.13 Å². The van der Waals surface area contributed by atoms with E-state index in [1.165, 1.54) is 37.7 Å². The Kier molecular flexibility index (Phi) is 9.32. The van der Waals surface area contributed by atoms with E-state index >= 15 is 0 Å². The summed E-state index contributed by atoms with van der Waals surface area (Å²) in [6.07, 6.45) is 6.02. The summed E-state index contributed by atoms with van der Waals surface area (Å²) in [5.41, 5.74) is 4.81. The van der Waals surface area contributed by atoms with E-state index in [0.29, 0.717) is 33.3 Å². The van der Waals surface area contributed by atoms with Crippen molar-refractivity contribution in [2.45, 2.75) is 65.3 Å². The molecule has 1 aliphatic carbocycles. The van der Waals surface area contributed by atoms with Crippen LogP contribution in [-0.2, 0) is 16.1 Å². The summed E-state index contributed by atoms with van der Waals surface area (Å²) in [6.45, 7) is 6.21. The number of hydrogen-bond acceptors (Lipinski definition) is 7. The van der Waals surface area contributed by atoms with E-state index in [2.05, 4.69) is 12.2 Å². The van der Waals surface area contributed by atoms with Crippen LogP contribution < -0.4 is 14.8 Å². The number of amides is 1. The van der Waals surface area contributed by atoms with E-state index in [1.807, 2.05) is 38.1 Å². The molecule has 8 nitrogen and oxygen atoms in total. The highest BCUT2D eigenvalue weighted by atomic mass is 35.5. The number of rotatable bonds is 9. The zero-order chi connectivity index (χ0) is 30.8. The van der Waals surface area contributed by atoms with E-state index in [9.17, 15) is 9.59 Å². The number of methoxy groups -OCH3 is 3. The fourth-order valence-corrected chi connectivity index (χ4v) is 7.43. The summed E-state index contributed by atoms with van der Waals surface area (Å²) in [6, 6.07) is 9.34. The first-order valence-electron chi connectivity index (χ1n) is 14.6. The lowest BCUT2D eigenvalue weighted by molar-refractivity contribution is -0.141. The van der Waals surface area contributed by atoms with Crippen LogP contribution in [0.25, 0.3) is 22.2 Å². The molecule has 0 radical (unpaired) electrons. The number of hydrogen-bond donors (Lipinski definition) is 1. The van der Waals surface area contributed by atoms with Crippen LogP contribution in [-0.4, -0.2) is 42.8 Å². The summed E-state index contributed by atoms with van der Waals surface area (Å²) in [5.74, 6) is 1.05. The quantitative estimate of drug-likeness (QED) is 0.189. The summed E-state index contributed by atoms with van der Waals surface area (Å²) < 4.78 is 17.9. The van der Waals surface area contributed by atoms with Crippen LogP contribution in [0.15, 0.2) is 30.3 Å². The molecule has 4 aromatic rings. The van der Waals surface area contributed by atoms with Crippen molar-refractivity contribution in [3.05, 3.63) is 57.1 Å². The molecule has 1 fully saturated rings. The molecule has 43 heavy (non-hydrogen) atoms. The number of anilines is 1. The molecule has 0 bridgehead atoms. The van der Waals surface area contributed by atoms with Gasteiger partial charge in [-0.05, 0) is 67.9 Å². The fraction of sp³-hybridized carbons (Fsp3) is 0.424. The molecule has 0 saturated heterocycles. The molecule has 1 saturated carbocycles. The maximum atomic E-state index is 13.9. The van der Waals surface area contributed by atoms with Crippen molar-refractivity contribution in [1.29, 1.82) is 0 Å². The Morgan fingerprint density at radius 3 is 2.47 bits per heavy atom. The number of nitrogens with one attached hydrogen (secondary N) is 1. The van der Waals surface area contributed by atoms with Crippen molar-refractivity contribution < 1.29 is 23.8 Å². The van der Waals surface area contributed by atoms with Gasteiger partial charge in [-0.3, -0.25) is 14.9 Å². The molecule has 0 aliphatic heterocycles. The Bertz CT molecular complexity index is 1670. The maximum absolute atomic E-state index is 13.9. The van der Waals surface area contributed by atoms with Gasteiger partial charge < -0.3 is 18.8 Å². The van der Waals surface area contributed by atoms with E-state index in [4.69, 9.17) is 30.8 Å². The number of carbonyl (C=O) groups excluding carboxylic acids is 2. The summed E-state index contributed by atoms with van der Waals surface area (Å²) in [4.78, 5) is 32.3. The minimum absolute atomic E-state index is 0.0832. The second-order valence-corrected chi connectivity index (χ2v) is 12.6. The van der Waals surface area contributed by atoms with Gasteiger partial charge in [0.1, 0.15) is 23.7 Å². The number of carbonyl (C=O) groups is 2. The molecule has 2 aromatic heterocycles. The molecule has 1 N–H and O–H groups in total.